The van der Waals surface area contributed by atoms with Crippen molar-refractivity contribution in [3.8, 4) is 0 Å². The van der Waals surface area contributed by atoms with E-state index < -0.39 is 0 Å². The van der Waals surface area contributed by atoms with Gasteiger partial charge < -0.3 is 5.32 Å². The standard InChI is InChI=1S/C14H19BrClN/c1-10(17-9-14(2)6-3-7-14)12-5-4-11(15)8-13(12)16/h4-5,8,10,17H,3,6-7,9H2,1-2H3. The molecule has 0 spiro atoms. The second-order valence-corrected chi connectivity index (χ2v) is 6.76. The SMILES string of the molecule is CC(NCC1(C)CCC1)c1ccc(Br)cc1Cl. The van der Waals surface area contributed by atoms with Crippen molar-refractivity contribution in [1.82, 2.24) is 5.32 Å². The zero-order valence-corrected chi connectivity index (χ0v) is 12.7. The van der Waals surface area contributed by atoms with Gasteiger partial charge in [-0.15, -0.1) is 0 Å². The van der Waals surface area contributed by atoms with E-state index >= 15 is 0 Å². The topological polar surface area (TPSA) is 12.0 Å². The third-order valence-corrected chi connectivity index (χ3v) is 4.65. The van der Waals surface area contributed by atoms with Crippen molar-refractivity contribution in [2.24, 2.45) is 5.41 Å². The van der Waals surface area contributed by atoms with E-state index in [2.05, 4.69) is 41.2 Å². The van der Waals surface area contributed by atoms with Crippen LogP contribution < -0.4 is 5.32 Å². The molecule has 17 heavy (non-hydrogen) atoms. The molecule has 1 nitrogen and oxygen atoms in total. The number of rotatable bonds is 4. The van der Waals surface area contributed by atoms with E-state index in [1.54, 1.807) is 0 Å². The van der Waals surface area contributed by atoms with Crippen LogP contribution in [0.3, 0.4) is 0 Å². The van der Waals surface area contributed by atoms with Crippen molar-refractivity contribution < 1.29 is 0 Å². The average molecular weight is 317 g/mol. The largest absolute Gasteiger partial charge is 0.310 e. The zero-order valence-electron chi connectivity index (χ0n) is 10.4. The summed E-state index contributed by atoms with van der Waals surface area (Å²) in [7, 11) is 0. The third kappa shape index (κ3) is 3.24. The molecule has 1 N–H and O–H groups in total. The highest BCUT2D eigenvalue weighted by atomic mass is 79.9. The second kappa shape index (κ2) is 5.29. The molecular weight excluding hydrogens is 298 g/mol. The lowest BCUT2D eigenvalue weighted by Crippen LogP contribution is -2.38. The summed E-state index contributed by atoms with van der Waals surface area (Å²) in [5, 5.41) is 4.43. The normalized spacial score (nSPS) is 19.8. The van der Waals surface area contributed by atoms with Gasteiger partial charge in [-0.05, 0) is 42.9 Å². The number of benzene rings is 1. The van der Waals surface area contributed by atoms with Gasteiger partial charge in [0.25, 0.3) is 0 Å². The molecule has 0 bridgehead atoms. The van der Waals surface area contributed by atoms with Crippen molar-refractivity contribution in [1.29, 1.82) is 0 Å². The molecule has 0 radical (unpaired) electrons. The number of hydrogen-bond donors (Lipinski definition) is 1. The highest BCUT2D eigenvalue weighted by Gasteiger charge is 2.31. The van der Waals surface area contributed by atoms with Crippen molar-refractivity contribution in [2.45, 2.75) is 39.2 Å². The smallest absolute Gasteiger partial charge is 0.0464 e. The number of halogens is 2. The fourth-order valence-electron chi connectivity index (χ4n) is 2.32. The molecule has 0 aliphatic heterocycles. The van der Waals surface area contributed by atoms with Crippen LogP contribution in [0, 0.1) is 5.41 Å². The van der Waals surface area contributed by atoms with Gasteiger partial charge in [-0.3, -0.25) is 0 Å². The maximum Gasteiger partial charge on any atom is 0.0464 e. The Hall–Kier alpha value is -0.0500. The molecule has 1 aliphatic rings. The van der Waals surface area contributed by atoms with E-state index in [9.17, 15) is 0 Å². The van der Waals surface area contributed by atoms with Crippen LogP contribution in [0.25, 0.3) is 0 Å². The quantitative estimate of drug-likeness (QED) is 0.829. The van der Waals surface area contributed by atoms with Gasteiger partial charge in [0.15, 0.2) is 0 Å². The minimum Gasteiger partial charge on any atom is -0.310 e. The molecule has 0 amide bonds. The molecule has 1 aromatic rings. The lowest BCUT2D eigenvalue weighted by Gasteiger charge is -2.39. The molecule has 1 atom stereocenters. The zero-order chi connectivity index (χ0) is 12.5. The van der Waals surface area contributed by atoms with Crippen LogP contribution in [0.1, 0.15) is 44.7 Å². The van der Waals surface area contributed by atoms with Crippen LogP contribution in [0.15, 0.2) is 22.7 Å². The van der Waals surface area contributed by atoms with Gasteiger partial charge in [0.1, 0.15) is 0 Å². The van der Waals surface area contributed by atoms with Crippen molar-refractivity contribution in [2.75, 3.05) is 6.54 Å². The molecule has 1 saturated carbocycles. The molecule has 3 heteroatoms. The van der Waals surface area contributed by atoms with Crippen LogP contribution in [0.5, 0.6) is 0 Å². The summed E-state index contributed by atoms with van der Waals surface area (Å²) in [6.45, 7) is 5.62. The Bertz CT molecular complexity index is 401. The minimum absolute atomic E-state index is 0.313. The van der Waals surface area contributed by atoms with E-state index in [1.807, 2.05) is 12.1 Å². The van der Waals surface area contributed by atoms with E-state index in [1.165, 1.54) is 24.8 Å². The van der Waals surface area contributed by atoms with Crippen LogP contribution in [0.4, 0.5) is 0 Å². The van der Waals surface area contributed by atoms with Crippen molar-refractivity contribution in [3.63, 3.8) is 0 Å². The lowest BCUT2D eigenvalue weighted by molar-refractivity contribution is 0.152. The Morgan fingerprint density at radius 2 is 2.18 bits per heavy atom. The minimum atomic E-state index is 0.313. The van der Waals surface area contributed by atoms with Crippen LogP contribution in [0.2, 0.25) is 5.02 Å². The molecule has 0 heterocycles. The highest BCUT2D eigenvalue weighted by Crippen LogP contribution is 2.40. The fourth-order valence-corrected chi connectivity index (χ4v) is 3.16. The average Bonchev–Trinajstić information content (AvgIpc) is 2.23. The molecule has 0 saturated heterocycles. The summed E-state index contributed by atoms with van der Waals surface area (Å²) in [6.07, 6.45) is 4.08. The lowest BCUT2D eigenvalue weighted by atomic mass is 9.70. The first-order valence-corrected chi connectivity index (χ1v) is 7.36. The van der Waals surface area contributed by atoms with Crippen LogP contribution in [-0.2, 0) is 0 Å². The van der Waals surface area contributed by atoms with E-state index in [0.29, 0.717) is 11.5 Å². The molecule has 1 fully saturated rings. The Labute approximate surface area is 117 Å². The molecule has 94 valence electrons. The molecule has 2 rings (SSSR count). The van der Waals surface area contributed by atoms with Gasteiger partial charge in [-0.2, -0.15) is 0 Å². The van der Waals surface area contributed by atoms with E-state index in [-0.39, 0.29) is 0 Å². The summed E-state index contributed by atoms with van der Waals surface area (Å²) in [4.78, 5) is 0. The Morgan fingerprint density at radius 1 is 1.47 bits per heavy atom. The third-order valence-electron chi connectivity index (χ3n) is 3.82. The molecule has 1 unspecified atom stereocenters. The van der Waals surface area contributed by atoms with Gasteiger partial charge >= 0.3 is 0 Å². The van der Waals surface area contributed by atoms with Crippen molar-refractivity contribution >= 4 is 27.5 Å². The number of hydrogen-bond acceptors (Lipinski definition) is 1. The van der Waals surface area contributed by atoms with Crippen LogP contribution >= 0.6 is 27.5 Å². The summed E-state index contributed by atoms with van der Waals surface area (Å²) in [5.74, 6) is 0. The first-order chi connectivity index (χ1) is 8.00. The summed E-state index contributed by atoms with van der Waals surface area (Å²) >= 11 is 9.68. The monoisotopic (exact) mass is 315 g/mol. The maximum absolute atomic E-state index is 6.25. The highest BCUT2D eigenvalue weighted by molar-refractivity contribution is 9.10. The maximum atomic E-state index is 6.25. The molecule has 1 aliphatic carbocycles. The van der Waals surface area contributed by atoms with Crippen molar-refractivity contribution in [3.05, 3.63) is 33.3 Å². The Kier molecular flexibility index (Phi) is 4.17. The molecular formula is C14H19BrClN. The molecule has 0 aromatic heterocycles. The Balaban J connectivity index is 1.96. The first-order valence-electron chi connectivity index (χ1n) is 6.18. The van der Waals surface area contributed by atoms with Gasteiger partial charge in [0, 0.05) is 22.1 Å². The predicted molar refractivity (Wildman–Crippen MR) is 77.5 cm³/mol. The van der Waals surface area contributed by atoms with Gasteiger partial charge in [-0.25, -0.2) is 0 Å². The van der Waals surface area contributed by atoms with E-state index in [0.717, 1.165) is 16.0 Å². The van der Waals surface area contributed by atoms with E-state index in [4.69, 9.17) is 11.6 Å². The summed E-state index contributed by atoms with van der Waals surface area (Å²) in [5.41, 5.74) is 1.69. The second-order valence-electron chi connectivity index (χ2n) is 5.43. The summed E-state index contributed by atoms with van der Waals surface area (Å²) < 4.78 is 1.03. The Morgan fingerprint density at radius 3 is 2.71 bits per heavy atom. The van der Waals surface area contributed by atoms with Gasteiger partial charge in [-0.1, -0.05) is 46.9 Å². The predicted octanol–water partition coefficient (Wildman–Crippen LogP) is 4.94. The fraction of sp³-hybridized carbons (Fsp3) is 0.571. The van der Waals surface area contributed by atoms with Gasteiger partial charge in [0.2, 0.25) is 0 Å². The summed E-state index contributed by atoms with van der Waals surface area (Å²) in [6, 6.07) is 6.41. The van der Waals surface area contributed by atoms with Gasteiger partial charge in [0.05, 0.1) is 0 Å². The molecule has 1 aromatic carbocycles. The number of nitrogens with one attached hydrogen (secondary N) is 1. The van der Waals surface area contributed by atoms with Crippen LogP contribution in [-0.4, -0.2) is 6.54 Å². The first kappa shape index (κ1) is 13.4.